The van der Waals surface area contributed by atoms with Gasteiger partial charge in [-0.15, -0.1) is 10.2 Å². The lowest BCUT2D eigenvalue weighted by Gasteiger charge is -2.12. The molecular weight excluding hydrogens is 463 g/mol. The number of amides is 1. The molecule has 0 unspecified atom stereocenters. The van der Waals surface area contributed by atoms with Crippen LogP contribution in [0.4, 0.5) is 5.69 Å². The number of nitrogens with one attached hydrogen (secondary N) is 1. The van der Waals surface area contributed by atoms with E-state index in [1.807, 2.05) is 41.0 Å². The third-order valence-electron chi connectivity index (χ3n) is 4.95. The molecule has 0 fully saturated rings. The van der Waals surface area contributed by atoms with Crippen LogP contribution in [-0.4, -0.2) is 26.4 Å². The van der Waals surface area contributed by atoms with E-state index in [-0.39, 0.29) is 11.7 Å². The Morgan fingerprint density at radius 2 is 1.72 bits per heavy atom. The average molecular weight is 483 g/mol. The first kappa shape index (κ1) is 22.4. The van der Waals surface area contributed by atoms with Crippen molar-refractivity contribution >= 4 is 46.6 Å². The highest BCUT2D eigenvalue weighted by molar-refractivity contribution is 7.99. The zero-order valence-corrected chi connectivity index (χ0v) is 19.8. The van der Waals surface area contributed by atoms with E-state index >= 15 is 0 Å². The van der Waals surface area contributed by atoms with Crippen LogP contribution < -0.4 is 5.32 Å². The SMILES string of the molecule is Cc1ccc(-n2c(SCC(=O)Nc3ccc(Cl)c(Cl)c3)nnc2-c2ccccc2)cc1C. The Kier molecular flexibility index (Phi) is 6.84. The van der Waals surface area contributed by atoms with Crippen molar-refractivity contribution in [1.29, 1.82) is 0 Å². The van der Waals surface area contributed by atoms with Gasteiger partial charge in [-0.3, -0.25) is 9.36 Å². The summed E-state index contributed by atoms with van der Waals surface area (Å²) in [7, 11) is 0. The van der Waals surface area contributed by atoms with Crippen LogP contribution in [0.5, 0.6) is 0 Å². The van der Waals surface area contributed by atoms with Gasteiger partial charge in [-0.05, 0) is 55.3 Å². The molecule has 5 nitrogen and oxygen atoms in total. The molecule has 4 aromatic rings. The number of nitrogens with zero attached hydrogens (tertiary/aromatic N) is 3. The second kappa shape index (κ2) is 9.77. The fourth-order valence-electron chi connectivity index (χ4n) is 3.14. The lowest BCUT2D eigenvalue weighted by Crippen LogP contribution is -2.14. The molecular formula is C24H20Cl2N4OS. The molecule has 32 heavy (non-hydrogen) atoms. The summed E-state index contributed by atoms with van der Waals surface area (Å²) >= 11 is 13.3. The Balaban J connectivity index is 1.60. The molecule has 0 atom stereocenters. The van der Waals surface area contributed by atoms with Gasteiger partial charge < -0.3 is 5.32 Å². The maximum absolute atomic E-state index is 12.5. The predicted molar refractivity (Wildman–Crippen MR) is 132 cm³/mol. The van der Waals surface area contributed by atoms with Crippen molar-refractivity contribution in [1.82, 2.24) is 14.8 Å². The largest absolute Gasteiger partial charge is 0.325 e. The highest BCUT2D eigenvalue weighted by Crippen LogP contribution is 2.29. The fourth-order valence-corrected chi connectivity index (χ4v) is 4.19. The third kappa shape index (κ3) is 4.99. The summed E-state index contributed by atoms with van der Waals surface area (Å²) in [5.41, 5.74) is 4.86. The van der Waals surface area contributed by atoms with E-state index in [4.69, 9.17) is 23.2 Å². The Morgan fingerprint density at radius 1 is 0.938 bits per heavy atom. The summed E-state index contributed by atoms with van der Waals surface area (Å²) in [5, 5.41) is 13.1. The van der Waals surface area contributed by atoms with Crippen LogP contribution in [0.3, 0.4) is 0 Å². The van der Waals surface area contributed by atoms with E-state index in [1.165, 1.54) is 22.9 Å². The Morgan fingerprint density at radius 3 is 2.44 bits per heavy atom. The first-order valence-corrected chi connectivity index (χ1v) is 11.6. The molecule has 1 aromatic heterocycles. The van der Waals surface area contributed by atoms with Crippen molar-refractivity contribution < 1.29 is 4.79 Å². The molecule has 0 radical (unpaired) electrons. The number of hydrogen-bond donors (Lipinski definition) is 1. The summed E-state index contributed by atoms with van der Waals surface area (Å²) in [6.45, 7) is 4.15. The predicted octanol–water partition coefficient (Wildman–Crippen LogP) is 6.59. The van der Waals surface area contributed by atoms with Crippen molar-refractivity contribution in [3.8, 4) is 17.1 Å². The minimum Gasteiger partial charge on any atom is -0.325 e. The van der Waals surface area contributed by atoms with Gasteiger partial charge in [0.15, 0.2) is 11.0 Å². The van der Waals surface area contributed by atoms with E-state index in [0.29, 0.717) is 20.9 Å². The van der Waals surface area contributed by atoms with Gasteiger partial charge in [0.05, 0.1) is 21.5 Å². The summed E-state index contributed by atoms with van der Waals surface area (Å²) < 4.78 is 1.98. The van der Waals surface area contributed by atoms with Crippen molar-refractivity contribution in [3.05, 3.63) is 87.9 Å². The van der Waals surface area contributed by atoms with Crippen LogP contribution in [0.1, 0.15) is 11.1 Å². The van der Waals surface area contributed by atoms with Gasteiger partial charge in [0.2, 0.25) is 5.91 Å². The third-order valence-corrected chi connectivity index (χ3v) is 6.62. The van der Waals surface area contributed by atoms with E-state index in [0.717, 1.165) is 17.1 Å². The van der Waals surface area contributed by atoms with E-state index in [9.17, 15) is 4.79 Å². The van der Waals surface area contributed by atoms with Crippen molar-refractivity contribution in [2.45, 2.75) is 19.0 Å². The summed E-state index contributed by atoms with van der Waals surface area (Å²) in [6, 6.07) is 21.1. The molecule has 0 aliphatic rings. The number of anilines is 1. The summed E-state index contributed by atoms with van der Waals surface area (Å²) in [6.07, 6.45) is 0. The molecule has 0 saturated heterocycles. The first-order chi connectivity index (χ1) is 15.4. The van der Waals surface area contributed by atoms with Crippen LogP contribution >= 0.6 is 35.0 Å². The zero-order chi connectivity index (χ0) is 22.7. The standard InChI is InChI=1S/C24H20Cl2N4OS/c1-15-8-10-19(12-16(15)2)30-23(17-6-4-3-5-7-17)28-29-24(30)32-14-22(31)27-18-9-11-20(25)21(26)13-18/h3-13H,14H2,1-2H3,(H,27,31). The molecule has 8 heteroatoms. The van der Waals surface area contributed by atoms with Crippen LogP contribution in [0, 0.1) is 13.8 Å². The zero-order valence-electron chi connectivity index (χ0n) is 17.5. The topological polar surface area (TPSA) is 59.8 Å². The van der Waals surface area contributed by atoms with Gasteiger partial charge in [0.1, 0.15) is 0 Å². The molecule has 1 heterocycles. The molecule has 162 valence electrons. The van der Waals surface area contributed by atoms with Gasteiger partial charge >= 0.3 is 0 Å². The summed E-state index contributed by atoms with van der Waals surface area (Å²) in [4.78, 5) is 12.5. The monoisotopic (exact) mass is 482 g/mol. The van der Waals surface area contributed by atoms with Crippen LogP contribution in [-0.2, 0) is 4.79 Å². The molecule has 0 aliphatic carbocycles. The summed E-state index contributed by atoms with van der Waals surface area (Å²) in [5.74, 6) is 0.711. The van der Waals surface area contributed by atoms with E-state index < -0.39 is 0 Å². The Labute approximate surface area is 200 Å². The average Bonchev–Trinajstić information content (AvgIpc) is 3.21. The quantitative estimate of drug-likeness (QED) is 0.315. The highest BCUT2D eigenvalue weighted by atomic mass is 35.5. The Hall–Kier alpha value is -2.80. The maximum atomic E-state index is 12.5. The lowest BCUT2D eigenvalue weighted by molar-refractivity contribution is -0.113. The van der Waals surface area contributed by atoms with Gasteiger partial charge in [0, 0.05) is 11.3 Å². The van der Waals surface area contributed by atoms with Gasteiger partial charge in [-0.2, -0.15) is 0 Å². The number of carbonyl (C=O) groups excluding carboxylic acids is 1. The minimum absolute atomic E-state index is 0.165. The van der Waals surface area contributed by atoms with E-state index in [2.05, 4.69) is 41.5 Å². The second-order valence-electron chi connectivity index (χ2n) is 7.24. The van der Waals surface area contributed by atoms with E-state index in [1.54, 1.807) is 18.2 Å². The second-order valence-corrected chi connectivity index (χ2v) is 9.00. The number of aryl methyl sites for hydroxylation is 2. The number of aromatic nitrogens is 3. The molecule has 0 aliphatic heterocycles. The van der Waals surface area contributed by atoms with Crippen molar-refractivity contribution in [2.24, 2.45) is 0 Å². The number of benzene rings is 3. The normalized spacial score (nSPS) is 10.9. The minimum atomic E-state index is -0.177. The van der Waals surface area contributed by atoms with Crippen LogP contribution in [0.15, 0.2) is 71.9 Å². The van der Waals surface area contributed by atoms with Crippen molar-refractivity contribution in [3.63, 3.8) is 0 Å². The molecule has 1 amide bonds. The maximum Gasteiger partial charge on any atom is 0.234 e. The fraction of sp³-hybridized carbons (Fsp3) is 0.125. The van der Waals surface area contributed by atoms with Crippen LogP contribution in [0.25, 0.3) is 17.1 Å². The molecule has 3 aromatic carbocycles. The number of carbonyl (C=O) groups is 1. The number of thioether (sulfide) groups is 1. The number of rotatable bonds is 6. The van der Waals surface area contributed by atoms with Gasteiger partial charge in [-0.25, -0.2) is 0 Å². The molecule has 4 rings (SSSR count). The smallest absolute Gasteiger partial charge is 0.234 e. The van der Waals surface area contributed by atoms with Gasteiger partial charge in [0.25, 0.3) is 0 Å². The van der Waals surface area contributed by atoms with Crippen molar-refractivity contribution in [2.75, 3.05) is 11.1 Å². The number of halogens is 2. The first-order valence-electron chi connectivity index (χ1n) is 9.88. The number of hydrogen-bond acceptors (Lipinski definition) is 4. The van der Waals surface area contributed by atoms with Crippen LogP contribution in [0.2, 0.25) is 10.0 Å². The molecule has 0 spiro atoms. The molecule has 0 bridgehead atoms. The Bertz CT molecular complexity index is 1270. The lowest BCUT2D eigenvalue weighted by atomic mass is 10.1. The van der Waals surface area contributed by atoms with Gasteiger partial charge in [-0.1, -0.05) is 71.4 Å². The molecule has 0 saturated carbocycles. The molecule has 1 N–H and O–H groups in total. The highest BCUT2D eigenvalue weighted by Gasteiger charge is 2.18.